The lowest BCUT2D eigenvalue weighted by molar-refractivity contribution is -0.161. The van der Waals surface area contributed by atoms with E-state index in [0.29, 0.717) is 25.7 Å². The number of unbranched alkanes of at least 4 members (excludes halogenated alkanes) is 40. The molecule has 0 aliphatic carbocycles. The predicted octanol–water partition coefficient (Wildman–Crippen LogP) is 22.1. The summed E-state index contributed by atoms with van der Waals surface area (Å²) >= 11 is 0. The first-order chi connectivity index (χ1) is 46.7. The van der Waals surface area contributed by atoms with Gasteiger partial charge in [-0.3, -0.25) is 37.3 Å². The molecule has 0 rings (SSSR count). The molecule has 2 unspecified atom stereocenters. The lowest BCUT2D eigenvalue weighted by atomic mass is 10.0. The van der Waals surface area contributed by atoms with Gasteiger partial charge in [-0.2, -0.15) is 0 Å². The van der Waals surface area contributed by atoms with Gasteiger partial charge in [0.1, 0.15) is 19.3 Å². The van der Waals surface area contributed by atoms with Crippen molar-refractivity contribution in [1.29, 1.82) is 0 Å². The summed E-state index contributed by atoms with van der Waals surface area (Å²) in [7, 11) is -9.94. The number of allylic oxidation sites excluding steroid dienone is 8. The number of hydrogen-bond donors (Lipinski definition) is 3. The van der Waals surface area contributed by atoms with E-state index in [9.17, 15) is 43.2 Å². The number of ether oxygens (including phenoxy) is 4. The van der Waals surface area contributed by atoms with E-state index in [1.807, 2.05) is 0 Å². The van der Waals surface area contributed by atoms with E-state index < -0.39 is 97.5 Å². The highest BCUT2D eigenvalue weighted by molar-refractivity contribution is 7.47. The average molecular weight is 1400 g/mol. The summed E-state index contributed by atoms with van der Waals surface area (Å²) in [4.78, 5) is 72.8. The molecule has 0 spiro atoms. The van der Waals surface area contributed by atoms with Gasteiger partial charge in [0.05, 0.1) is 26.4 Å². The van der Waals surface area contributed by atoms with Crippen LogP contribution in [-0.2, 0) is 65.4 Å². The van der Waals surface area contributed by atoms with Crippen LogP contribution in [0.5, 0.6) is 0 Å². The van der Waals surface area contributed by atoms with Gasteiger partial charge in [0, 0.05) is 25.7 Å². The molecule has 0 aromatic heterocycles. The van der Waals surface area contributed by atoms with E-state index in [0.717, 1.165) is 148 Å². The third kappa shape index (κ3) is 69.5. The number of rotatable bonds is 74. The summed E-state index contributed by atoms with van der Waals surface area (Å²) in [5, 5.41) is 10.6. The highest BCUT2D eigenvalue weighted by Crippen LogP contribution is 2.45. The molecule has 0 aromatic carbocycles. The topological polar surface area (TPSA) is 237 Å². The van der Waals surface area contributed by atoms with E-state index in [2.05, 4.69) is 76.3 Å². The molecular formula is C77H142O17P2. The molecular weight excluding hydrogens is 1260 g/mol. The Morgan fingerprint density at radius 1 is 0.292 bits per heavy atom. The van der Waals surface area contributed by atoms with Gasteiger partial charge < -0.3 is 33.8 Å². The van der Waals surface area contributed by atoms with Crippen molar-refractivity contribution in [2.75, 3.05) is 39.6 Å². The molecule has 17 nitrogen and oxygen atoms in total. The molecule has 19 heteroatoms. The van der Waals surface area contributed by atoms with Crippen LogP contribution in [0, 0.1) is 0 Å². The fraction of sp³-hybridized carbons (Fsp3) is 0.844. The summed E-state index contributed by atoms with van der Waals surface area (Å²) in [6.45, 7) is 4.86. The molecule has 562 valence electrons. The van der Waals surface area contributed by atoms with Crippen LogP contribution in [0.3, 0.4) is 0 Å². The maximum absolute atomic E-state index is 13.1. The van der Waals surface area contributed by atoms with Crippen molar-refractivity contribution in [3.8, 4) is 0 Å². The van der Waals surface area contributed by atoms with Gasteiger partial charge in [-0.25, -0.2) is 9.13 Å². The number of phosphoric ester groups is 2. The average Bonchev–Trinajstić information content (AvgIpc) is 1.29. The van der Waals surface area contributed by atoms with Crippen molar-refractivity contribution >= 4 is 39.5 Å². The fourth-order valence-corrected chi connectivity index (χ4v) is 12.3. The van der Waals surface area contributed by atoms with Crippen molar-refractivity contribution in [3.63, 3.8) is 0 Å². The van der Waals surface area contributed by atoms with Gasteiger partial charge in [0.2, 0.25) is 0 Å². The molecule has 0 radical (unpaired) electrons. The van der Waals surface area contributed by atoms with Crippen LogP contribution < -0.4 is 0 Å². The summed E-state index contributed by atoms with van der Waals surface area (Å²) < 4.78 is 68.5. The third-order valence-electron chi connectivity index (χ3n) is 16.8. The summed E-state index contributed by atoms with van der Waals surface area (Å²) in [6, 6.07) is 0. The molecule has 0 aromatic rings. The zero-order chi connectivity index (χ0) is 70.4. The molecule has 0 saturated heterocycles. The maximum Gasteiger partial charge on any atom is 0.472 e. The highest BCUT2D eigenvalue weighted by Gasteiger charge is 2.30. The van der Waals surface area contributed by atoms with Crippen molar-refractivity contribution in [2.24, 2.45) is 0 Å². The molecule has 0 aliphatic rings. The standard InChI is InChI=1S/C77H142O17P2/c1-5-9-13-17-21-25-29-33-35-39-42-46-50-54-58-62-75(80)88-68-72(93-76(81)63-59-55-51-47-43-38-32-28-24-20-16-12-8-4)69-91-95(83,84)89-65-71(78)66-90-96(85,86)92-70-73(67-87-74(79)61-57-53-49-45-41-37-31-27-23-19-15-11-7-3)94-77(82)64-60-56-52-48-44-40-36-34-30-26-22-18-14-10-6-2/h22,26-27,31,33-36,71-73,78H,5-21,23-25,28-30,32,37-70H2,1-4H3,(H,83,84)(H,85,86)/b26-22-,31-27-,35-33-,36-34-/t71-,72+,73+/m0/s1. The van der Waals surface area contributed by atoms with Crippen LogP contribution in [-0.4, -0.2) is 96.7 Å². The molecule has 3 N–H and O–H groups in total. The van der Waals surface area contributed by atoms with Gasteiger partial charge in [-0.1, -0.05) is 275 Å². The number of carbonyl (C=O) groups excluding carboxylic acids is 4. The summed E-state index contributed by atoms with van der Waals surface area (Å²) in [6.07, 6.45) is 66.6. The molecule has 0 bridgehead atoms. The van der Waals surface area contributed by atoms with Crippen LogP contribution in [0.4, 0.5) is 0 Å². The number of aliphatic hydroxyl groups excluding tert-OH is 1. The summed E-state index contributed by atoms with van der Waals surface area (Å²) in [5.74, 6) is -2.17. The Kier molecular flexibility index (Phi) is 68.3. The second-order valence-corrected chi connectivity index (χ2v) is 29.2. The minimum absolute atomic E-state index is 0.0820. The SMILES string of the molecule is CCCCC/C=C\C/C=C\CCCCCCCC(=O)O[C@H](COC(=O)CCCCCCC/C=C\CCCCCC)COP(=O)(O)OC[C@@H](O)COP(=O)(O)OC[C@@H](COC(=O)CCCCCCC/C=C\CCCCCCCC)OC(=O)CCCCCCCCCCCCCCC. The zero-order valence-electron chi connectivity index (χ0n) is 61.3. The highest BCUT2D eigenvalue weighted by atomic mass is 31.2. The fourth-order valence-electron chi connectivity index (χ4n) is 10.8. The third-order valence-corrected chi connectivity index (χ3v) is 18.7. The molecule has 0 aliphatic heterocycles. The van der Waals surface area contributed by atoms with E-state index in [-0.39, 0.29) is 25.7 Å². The quantitative estimate of drug-likeness (QED) is 0.0169. The van der Waals surface area contributed by atoms with Crippen LogP contribution >= 0.6 is 15.6 Å². The molecule has 0 heterocycles. The van der Waals surface area contributed by atoms with Gasteiger partial charge in [-0.05, 0) is 109 Å². The second kappa shape index (κ2) is 70.5. The Morgan fingerprint density at radius 2 is 0.510 bits per heavy atom. The largest absolute Gasteiger partial charge is 0.472 e. The van der Waals surface area contributed by atoms with Crippen molar-refractivity contribution < 1.29 is 80.2 Å². The Hall–Kier alpha value is -2.98. The van der Waals surface area contributed by atoms with Crippen LogP contribution in [0.1, 0.15) is 362 Å². The first-order valence-electron chi connectivity index (χ1n) is 38.9. The Bertz CT molecular complexity index is 2010. The Balaban J connectivity index is 5.33. The summed E-state index contributed by atoms with van der Waals surface area (Å²) in [5.41, 5.74) is 0. The normalized spacial score (nSPS) is 14.2. The molecule has 5 atom stereocenters. The monoisotopic (exact) mass is 1400 g/mol. The molecule has 0 amide bonds. The number of hydrogen-bond acceptors (Lipinski definition) is 15. The lowest BCUT2D eigenvalue weighted by Crippen LogP contribution is -2.30. The first kappa shape index (κ1) is 93.0. The zero-order valence-corrected chi connectivity index (χ0v) is 63.1. The smallest absolute Gasteiger partial charge is 0.462 e. The molecule has 0 saturated carbocycles. The van der Waals surface area contributed by atoms with Crippen molar-refractivity contribution in [1.82, 2.24) is 0 Å². The van der Waals surface area contributed by atoms with Gasteiger partial charge in [0.25, 0.3) is 0 Å². The van der Waals surface area contributed by atoms with Gasteiger partial charge in [0.15, 0.2) is 12.2 Å². The number of aliphatic hydroxyl groups is 1. The van der Waals surface area contributed by atoms with Crippen LogP contribution in [0.15, 0.2) is 48.6 Å². The van der Waals surface area contributed by atoms with E-state index in [4.69, 9.17) is 37.0 Å². The second-order valence-electron chi connectivity index (χ2n) is 26.3. The Morgan fingerprint density at radius 3 is 0.812 bits per heavy atom. The Labute approximate surface area is 585 Å². The van der Waals surface area contributed by atoms with E-state index in [1.165, 1.54) is 135 Å². The van der Waals surface area contributed by atoms with Crippen molar-refractivity contribution in [3.05, 3.63) is 48.6 Å². The minimum atomic E-state index is -4.97. The minimum Gasteiger partial charge on any atom is -0.462 e. The van der Waals surface area contributed by atoms with Gasteiger partial charge >= 0.3 is 39.5 Å². The lowest BCUT2D eigenvalue weighted by Gasteiger charge is -2.21. The molecule has 96 heavy (non-hydrogen) atoms. The van der Waals surface area contributed by atoms with Crippen LogP contribution in [0.2, 0.25) is 0 Å². The van der Waals surface area contributed by atoms with Crippen molar-refractivity contribution in [2.45, 2.75) is 380 Å². The number of carbonyl (C=O) groups is 4. The van der Waals surface area contributed by atoms with Gasteiger partial charge in [-0.15, -0.1) is 0 Å². The van der Waals surface area contributed by atoms with Crippen LogP contribution in [0.25, 0.3) is 0 Å². The number of esters is 4. The number of phosphoric acid groups is 2. The van der Waals surface area contributed by atoms with E-state index in [1.54, 1.807) is 0 Å². The van der Waals surface area contributed by atoms with E-state index >= 15 is 0 Å². The first-order valence-corrected chi connectivity index (χ1v) is 41.9. The predicted molar refractivity (Wildman–Crippen MR) is 390 cm³/mol. The maximum atomic E-state index is 13.1. The molecule has 0 fully saturated rings.